The fourth-order valence-electron chi connectivity index (χ4n) is 3.69. The topological polar surface area (TPSA) is 48.9 Å². The Bertz CT molecular complexity index is 571. The summed E-state index contributed by atoms with van der Waals surface area (Å²) in [6.45, 7) is 12.8. The molecule has 0 saturated carbocycles. The average molecular weight is 361 g/mol. The molecule has 26 heavy (non-hydrogen) atoms. The lowest BCUT2D eigenvalue weighted by Gasteiger charge is -2.39. The highest BCUT2D eigenvalue weighted by Gasteiger charge is 2.28. The summed E-state index contributed by atoms with van der Waals surface area (Å²) in [7, 11) is 0. The Morgan fingerprint density at radius 1 is 1.12 bits per heavy atom. The van der Waals surface area contributed by atoms with Gasteiger partial charge in [0.25, 0.3) is 0 Å². The quantitative estimate of drug-likeness (QED) is 0.830. The average Bonchev–Trinajstić information content (AvgIpc) is 2.62. The number of anilines is 1. The van der Waals surface area contributed by atoms with Gasteiger partial charge in [-0.05, 0) is 51.7 Å². The summed E-state index contributed by atoms with van der Waals surface area (Å²) in [5.74, 6) is 1.76. The first-order chi connectivity index (χ1) is 12.4. The number of pyridine rings is 1. The van der Waals surface area contributed by atoms with E-state index in [-0.39, 0.29) is 6.09 Å². The predicted molar refractivity (Wildman–Crippen MR) is 103 cm³/mol. The lowest BCUT2D eigenvalue weighted by Crippen LogP contribution is -2.49. The van der Waals surface area contributed by atoms with Gasteiger partial charge in [-0.25, -0.2) is 9.78 Å². The predicted octanol–water partition coefficient (Wildman–Crippen LogP) is 2.85. The van der Waals surface area contributed by atoms with Gasteiger partial charge in [-0.1, -0.05) is 6.07 Å². The summed E-state index contributed by atoms with van der Waals surface area (Å²) in [5, 5.41) is 0. The van der Waals surface area contributed by atoms with Gasteiger partial charge in [-0.2, -0.15) is 0 Å². The van der Waals surface area contributed by atoms with Crippen molar-refractivity contribution in [3.05, 3.63) is 24.4 Å². The Morgan fingerprint density at radius 2 is 1.81 bits per heavy atom. The van der Waals surface area contributed by atoms with E-state index in [0.29, 0.717) is 5.92 Å². The molecule has 0 unspecified atom stereocenters. The molecule has 3 heterocycles. The number of carbonyl (C=O) groups is 1. The van der Waals surface area contributed by atoms with Gasteiger partial charge in [0.15, 0.2) is 0 Å². The summed E-state index contributed by atoms with van der Waals surface area (Å²) in [6.07, 6.45) is 3.83. The van der Waals surface area contributed by atoms with E-state index in [9.17, 15) is 4.79 Å². The maximum Gasteiger partial charge on any atom is 0.410 e. The molecule has 6 heteroatoms. The van der Waals surface area contributed by atoms with Crippen molar-refractivity contribution in [2.45, 2.75) is 39.2 Å². The second-order valence-electron chi connectivity index (χ2n) is 8.39. The van der Waals surface area contributed by atoms with Crippen molar-refractivity contribution in [3.8, 4) is 0 Å². The molecular weight excluding hydrogens is 328 g/mol. The van der Waals surface area contributed by atoms with Crippen LogP contribution in [0.2, 0.25) is 0 Å². The van der Waals surface area contributed by atoms with Crippen LogP contribution in [0.5, 0.6) is 0 Å². The number of hydrogen-bond acceptors (Lipinski definition) is 5. The van der Waals surface area contributed by atoms with Gasteiger partial charge in [-0.3, -0.25) is 4.90 Å². The first-order valence-corrected chi connectivity index (χ1v) is 9.77. The molecule has 144 valence electrons. The summed E-state index contributed by atoms with van der Waals surface area (Å²) < 4.78 is 5.48. The number of hydrogen-bond donors (Lipinski definition) is 0. The van der Waals surface area contributed by atoms with E-state index in [4.69, 9.17) is 4.74 Å². The third-order valence-corrected chi connectivity index (χ3v) is 5.13. The Labute approximate surface area is 157 Å². The minimum absolute atomic E-state index is 0.167. The number of piperazine rings is 1. The number of likely N-dealkylation sites (tertiary alicyclic amines) is 1. The molecule has 0 spiro atoms. The van der Waals surface area contributed by atoms with Crippen LogP contribution in [0, 0.1) is 5.92 Å². The van der Waals surface area contributed by atoms with Crippen LogP contribution >= 0.6 is 0 Å². The Balaban J connectivity index is 1.38. The van der Waals surface area contributed by atoms with E-state index >= 15 is 0 Å². The van der Waals surface area contributed by atoms with Gasteiger partial charge >= 0.3 is 6.09 Å². The van der Waals surface area contributed by atoms with E-state index in [0.717, 1.165) is 64.5 Å². The summed E-state index contributed by atoms with van der Waals surface area (Å²) in [6, 6.07) is 6.10. The molecule has 3 rings (SSSR count). The Morgan fingerprint density at radius 3 is 2.38 bits per heavy atom. The zero-order valence-corrected chi connectivity index (χ0v) is 16.4. The third kappa shape index (κ3) is 5.34. The van der Waals surface area contributed by atoms with Crippen molar-refractivity contribution in [1.29, 1.82) is 0 Å². The molecule has 2 aliphatic rings. The van der Waals surface area contributed by atoms with Gasteiger partial charge < -0.3 is 14.5 Å². The van der Waals surface area contributed by atoms with E-state index < -0.39 is 5.60 Å². The van der Waals surface area contributed by atoms with Crippen molar-refractivity contribution >= 4 is 11.9 Å². The minimum atomic E-state index is -0.415. The van der Waals surface area contributed by atoms with Crippen LogP contribution in [0.1, 0.15) is 33.6 Å². The highest BCUT2D eigenvalue weighted by atomic mass is 16.6. The molecule has 1 amide bonds. The van der Waals surface area contributed by atoms with Crippen LogP contribution in [0.4, 0.5) is 10.6 Å². The van der Waals surface area contributed by atoms with Crippen molar-refractivity contribution in [1.82, 2.24) is 14.8 Å². The molecule has 6 nitrogen and oxygen atoms in total. The smallest absolute Gasteiger partial charge is 0.410 e. The number of rotatable bonds is 3. The molecule has 0 radical (unpaired) electrons. The molecule has 2 aliphatic heterocycles. The number of aromatic nitrogens is 1. The van der Waals surface area contributed by atoms with Crippen LogP contribution < -0.4 is 4.90 Å². The van der Waals surface area contributed by atoms with Crippen molar-refractivity contribution in [2.24, 2.45) is 5.92 Å². The zero-order valence-electron chi connectivity index (χ0n) is 16.4. The first kappa shape index (κ1) is 19.0. The van der Waals surface area contributed by atoms with Crippen LogP contribution in [0.25, 0.3) is 0 Å². The van der Waals surface area contributed by atoms with E-state index in [1.807, 2.05) is 44.0 Å². The van der Waals surface area contributed by atoms with Crippen LogP contribution in [0.15, 0.2) is 24.4 Å². The molecule has 2 fully saturated rings. The molecule has 0 bridgehead atoms. The largest absolute Gasteiger partial charge is 0.444 e. The molecule has 0 aliphatic carbocycles. The lowest BCUT2D eigenvalue weighted by atomic mass is 9.96. The van der Waals surface area contributed by atoms with E-state index in [2.05, 4.69) is 20.9 Å². The fraction of sp³-hybridized carbons (Fsp3) is 0.700. The molecule has 0 atom stereocenters. The van der Waals surface area contributed by atoms with Crippen LogP contribution in [-0.4, -0.2) is 72.3 Å². The lowest BCUT2D eigenvalue weighted by molar-refractivity contribution is 0.0169. The van der Waals surface area contributed by atoms with Gasteiger partial charge in [-0.15, -0.1) is 0 Å². The molecule has 0 aromatic carbocycles. The highest BCUT2D eigenvalue weighted by Crippen LogP contribution is 2.22. The number of carbonyl (C=O) groups excluding carboxylic acids is 1. The molecule has 1 aromatic rings. The number of piperidine rings is 1. The van der Waals surface area contributed by atoms with E-state index in [1.54, 1.807) is 0 Å². The summed E-state index contributed by atoms with van der Waals surface area (Å²) in [5.41, 5.74) is -0.415. The number of nitrogens with zero attached hydrogens (tertiary/aromatic N) is 4. The second-order valence-corrected chi connectivity index (χ2v) is 8.39. The number of ether oxygens (including phenoxy) is 1. The Hall–Kier alpha value is -1.82. The van der Waals surface area contributed by atoms with Crippen LogP contribution in [-0.2, 0) is 4.74 Å². The molecule has 1 aromatic heterocycles. The molecule has 2 saturated heterocycles. The molecular formula is C20H32N4O2. The second kappa shape index (κ2) is 8.25. The van der Waals surface area contributed by atoms with Crippen molar-refractivity contribution in [2.75, 3.05) is 50.7 Å². The zero-order chi connectivity index (χ0) is 18.6. The van der Waals surface area contributed by atoms with Crippen LogP contribution in [0.3, 0.4) is 0 Å². The highest BCUT2D eigenvalue weighted by molar-refractivity contribution is 5.68. The van der Waals surface area contributed by atoms with Gasteiger partial charge in [0.05, 0.1) is 0 Å². The number of amides is 1. The maximum absolute atomic E-state index is 12.2. The van der Waals surface area contributed by atoms with Gasteiger partial charge in [0.1, 0.15) is 11.4 Å². The minimum Gasteiger partial charge on any atom is -0.444 e. The standard InChI is InChI=1S/C20H32N4O2/c1-20(2,3)26-19(25)24-10-7-17(8-11-24)16-22-12-14-23(15-13-22)18-6-4-5-9-21-18/h4-6,9,17H,7-8,10-16H2,1-3H3. The first-order valence-electron chi connectivity index (χ1n) is 9.77. The Kier molecular flexibility index (Phi) is 6.01. The fourth-order valence-corrected chi connectivity index (χ4v) is 3.69. The molecule has 0 N–H and O–H groups in total. The third-order valence-electron chi connectivity index (χ3n) is 5.13. The normalized spacial score (nSPS) is 20.3. The summed E-state index contributed by atoms with van der Waals surface area (Å²) in [4.78, 5) is 23.4. The summed E-state index contributed by atoms with van der Waals surface area (Å²) >= 11 is 0. The van der Waals surface area contributed by atoms with E-state index in [1.165, 1.54) is 0 Å². The van der Waals surface area contributed by atoms with Crippen molar-refractivity contribution in [3.63, 3.8) is 0 Å². The van der Waals surface area contributed by atoms with Gasteiger partial charge in [0, 0.05) is 52.0 Å². The monoisotopic (exact) mass is 360 g/mol. The van der Waals surface area contributed by atoms with Gasteiger partial charge in [0.2, 0.25) is 0 Å². The maximum atomic E-state index is 12.2. The van der Waals surface area contributed by atoms with Crippen molar-refractivity contribution < 1.29 is 9.53 Å². The SMILES string of the molecule is CC(C)(C)OC(=O)N1CCC(CN2CCN(c3ccccn3)CC2)CC1.